The van der Waals surface area contributed by atoms with Crippen LogP contribution in [0.25, 0.3) is 0 Å². The molecule has 2 rings (SSSR count). The molecule has 1 N–H and O–H groups in total. The van der Waals surface area contributed by atoms with Crippen molar-refractivity contribution in [1.82, 2.24) is 5.32 Å². The van der Waals surface area contributed by atoms with Crippen LogP contribution in [-0.4, -0.2) is 6.54 Å². The quantitative estimate of drug-likeness (QED) is 0.776. The molecule has 0 fully saturated rings. The van der Waals surface area contributed by atoms with Gasteiger partial charge < -0.3 is 10.1 Å². The highest BCUT2D eigenvalue weighted by molar-refractivity contribution is 9.10. The van der Waals surface area contributed by atoms with Crippen molar-refractivity contribution in [3.05, 3.63) is 62.8 Å². The van der Waals surface area contributed by atoms with E-state index in [0.29, 0.717) is 0 Å². The zero-order valence-corrected chi connectivity index (χ0v) is 14.0. The van der Waals surface area contributed by atoms with Crippen molar-refractivity contribution in [3.63, 3.8) is 0 Å². The zero-order valence-electron chi connectivity index (χ0n) is 11.6. The molecule has 0 aliphatic carbocycles. The smallest absolute Gasteiger partial charge is 0.183 e. The van der Waals surface area contributed by atoms with E-state index in [1.54, 1.807) is 12.1 Å². The van der Waals surface area contributed by atoms with E-state index < -0.39 is 5.82 Å². The Morgan fingerprint density at radius 3 is 2.81 bits per heavy atom. The van der Waals surface area contributed by atoms with Gasteiger partial charge in [0, 0.05) is 16.6 Å². The van der Waals surface area contributed by atoms with E-state index in [9.17, 15) is 4.39 Å². The van der Waals surface area contributed by atoms with Crippen LogP contribution in [0.3, 0.4) is 0 Å². The molecule has 0 saturated heterocycles. The maximum Gasteiger partial charge on any atom is 0.183 e. The van der Waals surface area contributed by atoms with Gasteiger partial charge in [0.1, 0.15) is 6.61 Å². The SMILES string of the molecule is CCNCc1ccc(COc2cccc(Cl)c2F)c(Br)c1. The standard InChI is InChI=1S/C16H16BrClFNO/c1-2-20-9-11-6-7-12(13(17)8-11)10-21-15-5-3-4-14(18)16(15)19/h3-8,20H,2,9-10H2,1H3. The van der Waals surface area contributed by atoms with Crippen molar-refractivity contribution in [2.45, 2.75) is 20.1 Å². The fourth-order valence-electron chi connectivity index (χ4n) is 1.84. The molecule has 2 aromatic carbocycles. The Labute approximate surface area is 137 Å². The Bertz CT molecular complexity index is 621. The van der Waals surface area contributed by atoms with Gasteiger partial charge in [0.25, 0.3) is 0 Å². The van der Waals surface area contributed by atoms with E-state index in [0.717, 1.165) is 23.1 Å². The van der Waals surface area contributed by atoms with Crippen LogP contribution >= 0.6 is 27.5 Å². The summed E-state index contributed by atoms with van der Waals surface area (Å²) < 4.78 is 20.2. The first-order valence-electron chi connectivity index (χ1n) is 6.66. The predicted octanol–water partition coefficient (Wildman–Crippen LogP) is 4.93. The molecule has 5 heteroatoms. The van der Waals surface area contributed by atoms with Gasteiger partial charge in [-0.05, 0) is 30.3 Å². The second-order valence-corrected chi connectivity index (χ2v) is 5.81. The Morgan fingerprint density at radius 2 is 2.10 bits per heavy atom. The van der Waals surface area contributed by atoms with Gasteiger partial charge in [0.05, 0.1) is 5.02 Å². The molecule has 0 saturated carbocycles. The number of nitrogens with one attached hydrogen (secondary N) is 1. The summed E-state index contributed by atoms with van der Waals surface area (Å²) in [5, 5.41) is 3.33. The molecule has 0 amide bonds. The minimum Gasteiger partial charge on any atom is -0.486 e. The molecule has 0 aliphatic heterocycles. The fourth-order valence-corrected chi connectivity index (χ4v) is 2.54. The molecule has 0 unspecified atom stereocenters. The van der Waals surface area contributed by atoms with E-state index >= 15 is 0 Å². The van der Waals surface area contributed by atoms with Crippen molar-refractivity contribution < 1.29 is 9.13 Å². The van der Waals surface area contributed by atoms with E-state index in [-0.39, 0.29) is 17.4 Å². The number of benzene rings is 2. The first-order chi connectivity index (χ1) is 10.1. The lowest BCUT2D eigenvalue weighted by Crippen LogP contribution is -2.11. The van der Waals surface area contributed by atoms with Crippen LogP contribution in [0, 0.1) is 5.82 Å². The van der Waals surface area contributed by atoms with Gasteiger partial charge in [-0.1, -0.05) is 52.7 Å². The molecular weight excluding hydrogens is 357 g/mol. The molecule has 0 aliphatic rings. The predicted molar refractivity (Wildman–Crippen MR) is 87.3 cm³/mol. The molecule has 2 aromatic rings. The summed E-state index contributed by atoms with van der Waals surface area (Å²) in [5.41, 5.74) is 2.14. The maximum absolute atomic E-state index is 13.7. The van der Waals surface area contributed by atoms with Crippen molar-refractivity contribution in [3.8, 4) is 5.75 Å². The topological polar surface area (TPSA) is 21.3 Å². The molecule has 0 heterocycles. The molecule has 0 spiro atoms. The summed E-state index contributed by atoms with van der Waals surface area (Å²) in [6.07, 6.45) is 0. The highest BCUT2D eigenvalue weighted by atomic mass is 79.9. The molecular formula is C16H16BrClFNO. The second kappa shape index (κ2) is 7.78. The fraction of sp³-hybridized carbons (Fsp3) is 0.250. The average Bonchev–Trinajstić information content (AvgIpc) is 2.48. The van der Waals surface area contributed by atoms with Crippen LogP contribution in [0.2, 0.25) is 5.02 Å². The van der Waals surface area contributed by atoms with Crippen molar-refractivity contribution >= 4 is 27.5 Å². The maximum atomic E-state index is 13.7. The lowest BCUT2D eigenvalue weighted by molar-refractivity contribution is 0.289. The highest BCUT2D eigenvalue weighted by Gasteiger charge is 2.09. The lowest BCUT2D eigenvalue weighted by Gasteiger charge is -2.11. The molecule has 0 aromatic heterocycles. The minimum atomic E-state index is -0.529. The van der Waals surface area contributed by atoms with Gasteiger partial charge in [-0.3, -0.25) is 0 Å². The van der Waals surface area contributed by atoms with Crippen LogP contribution < -0.4 is 10.1 Å². The van der Waals surface area contributed by atoms with Gasteiger partial charge in [0.15, 0.2) is 11.6 Å². The van der Waals surface area contributed by atoms with E-state index in [1.165, 1.54) is 11.6 Å². The summed E-state index contributed by atoms with van der Waals surface area (Å²) in [6.45, 7) is 4.09. The van der Waals surface area contributed by atoms with Crippen LogP contribution in [-0.2, 0) is 13.2 Å². The average molecular weight is 373 g/mol. The number of hydrogen-bond donors (Lipinski definition) is 1. The number of ether oxygens (including phenoxy) is 1. The molecule has 0 atom stereocenters. The third-order valence-corrected chi connectivity index (χ3v) is 4.03. The summed E-state index contributed by atoms with van der Waals surface area (Å²) in [7, 11) is 0. The van der Waals surface area contributed by atoms with Crippen LogP contribution in [0.4, 0.5) is 4.39 Å². The third kappa shape index (κ3) is 4.43. The Balaban J connectivity index is 2.04. The first-order valence-corrected chi connectivity index (χ1v) is 7.83. The first kappa shape index (κ1) is 16.3. The number of hydrogen-bond acceptors (Lipinski definition) is 2. The summed E-state index contributed by atoms with van der Waals surface area (Å²) in [4.78, 5) is 0. The number of rotatable bonds is 6. The van der Waals surface area contributed by atoms with E-state index in [1.807, 2.05) is 18.2 Å². The second-order valence-electron chi connectivity index (χ2n) is 4.55. The minimum absolute atomic E-state index is 0.0625. The molecule has 112 valence electrons. The van der Waals surface area contributed by atoms with Gasteiger partial charge in [0.2, 0.25) is 0 Å². The Hall–Kier alpha value is -1.10. The van der Waals surface area contributed by atoms with Crippen LogP contribution in [0.15, 0.2) is 40.9 Å². The Morgan fingerprint density at radius 1 is 1.29 bits per heavy atom. The van der Waals surface area contributed by atoms with Gasteiger partial charge in [-0.15, -0.1) is 0 Å². The van der Waals surface area contributed by atoms with Gasteiger partial charge in [-0.2, -0.15) is 0 Å². The molecule has 0 bridgehead atoms. The molecule has 2 nitrogen and oxygen atoms in total. The summed E-state index contributed by atoms with van der Waals surface area (Å²) in [6, 6.07) is 10.8. The largest absolute Gasteiger partial charge is 0.486 e. The Kier molecular flexibility index (Phi) is 6.03. The van der Waals surface area contributed by atoms with Crippen molar-refractivity contribution in [1.29, 1.82) is 0 Å². The van der Waals surface area contributed by atoms with Crippen LogP contribution in [0.5, 0.6) is 5.75 Å². The number of halogens is 3. The monoisotopic (exact) mass is 371 g/mol. The molecule has 0 radical (unpaired) electrons. The van der Waals surface area contributed by atoms with E-state index in [2.05, 4.69) is 28.2 Å². The van der Waals surface area contributed by atoms with Gasteiger partial charge in [-0.25, -0.2) is 4.39 Å². The molecule has 21 heavy (non-hydrogen) atoms. The van der Waals surface area contributed by atoms with Crippen molar-refractivity contribution in [2.24, 2.45) is 0 Å². The highest BCUT2D eigenvalue weighted by Crippen LogP contribution is 2.26. The van der Waals surface area contributed by atoms with E-state index in [4.69, 9.17) is 16.3 Å². The van der Waals surface area contributed by atoms with Crippen molar-refractivity contribution in [2.75, 3.05) is 6.54 Å². The zero-order chi connectivity index (χ0) is 15.2. The summed E-state index contributed by atoms with van der Waals surface area (Å²) in [5.74, 6) is -0.370. The normalized spacial score (nSPS) is 10.7. The lowest BCUT2D eigenvalue weighted by atomic mass is 10.1. The van der Waals surface area contributed by atoms with Crippen LogP contribution in [0.1, 0.15) is 18.1 Å². The van der Waals surface area contributed by atoms with Gasteiger partial charge >= 0.3 is 0 Å². The third-order valence-electron chi connectivity index (χ3n) is 3.00. The summed E-state index contributed by atoms with van der Waals surface area (Å²) >= 11 is 9.24.